The highest BCUT2D eigenvalue weighted by atomic mass is 32.1. The van der Waals surface area contributed by atoms with Gasteiger partial charge in [-0.25, -0.2) is 0 Å². The molecule has 5 heteroatoms. The van der Waals surface area contributed by atoms with E-state index in [0.29, 0.717) is 13.2 Å². The molecule has 4 nitrogen and oxygen atoms in total. The van der Waals surface area contributed by atoms with Crippen molar-refractivity contribution in [1.82, 2.24) is 0 Å². The van der Waals surface area contributed by atoms with Crippen molar-refractivity contribution >= 4 is 27.1 Å². The fraction of sp³-hybridized carbons (Fsp3) is 0.393. The summed E-state index contributed by atoms with van der Waals surface area (Å²) in [4.78, 5) is 0. The molecule has 0 spiro atoms. The Kier molecular flexibility index (Phi) is 6.83. The van der Waals surface area contributed by atoms with Gasteiger partial charge in [0.05, 0.1) is 11.6 Å². The summed E-state index contributed by atoms with van der Waals surface area (Å²) in [5.74, 6) is 8.05. The molecular formula is C28H29N3OS. The number of nitrogens with zero attached hydrogens (tertiary/aromatic N) is 3. The zero-order chi connectivity index (χ0) is 22.5. The Morgan fingerprint density at radius 1 is 1.09 bits per heavy atom. The first kappa shape index (κ1) is 21.9. The quantitative estimate of drug-likeness (QED) is 0.335. The lowest BCUT2D eigenvalue weighted by atomic mass is 9.84. The fourth-order valence-electron chi connectivity index (χ4n) is 4.89. The normalized spacial score (nSPS) is 16.9. The molecule has 0 amide bonds. The third kappa shape index (κ3) is 5.17. The van der Waals surface area contributed by atoms with Gasteiger partial charge in [0.15, 0.2) is 0 Å². The van der Waals surface area contributed by atoms with Crippen LogP contribution in [-0.2, 0) is 6.61 Å². The number of rotatable bonds is 7. The van der Waals surface area contributed by atoms with Crippen LogP contribution in [0, 0.1) is 11.8 Å². The van der Waals surface area contributed by atoms with Gasteiger partial charge in [-0.15, -0.1) is 22.4 Å². The maximum Gasteiger partial charge on any atom is 0.119 e. The van der Waals surface area contributed by atoms with E-state index < -0.39 is 0 Å². The topological polar surface area (TPSA) is 46.3 Å². The lowest BCUT2D eigenvalue weighted by molar-refractivity contribution is 0.306. The van der Waals surface area contributed by atoms with Crippen molar-refractivity contribution in [3.63, 3.8) is 0 Å². The van der Waals surface area contributed by atoms with E-state index in [1.807, 2.05) is 30.4 Å². The van der Waals surface area contributed by atoms with Crippen LogP contribution in [-0.4, -0.2) is 12.3 Å². The largest absolute Gasteiger partial charge is 0.489 e. The van der Waals surface area contributed by atoms with Crippen LogP contribution >= 0.6 is 11.3 Å². The highest BCUT2D eigenvalue weighted by Crippen LogP contribution is 2.39. The van der Waals surface area contributed by atoms with Gasteiger partial charge >= 0.3 is 0 Å². The molecule has 1 atom stereocenters. The van der Waals surface area contributed by atoms with Gasteiger partial charge in [0.2, 0.25) is 0 Å². The predicted octanol–water partition coefficient (Wildman–Crippen LogP) is 7.85. The molecule has 0 radical (unpaired) electrons. The SMILES string of the molecule is CC#C[C@@H](CC1=NN=NC1)c1ccc(OCc2ccc3scc(C4CCCCC4)c3c2)cc1. The molecule has 1 aliphatic heterocycles. The number of fused-ring (bicyclic) bond motifs is 1. The van der Waals surface area contributed by atoms with Crippen molar-refractivity contribution in [1.29, 1.82) is 0 Å². The van der Waals surface area contributed by atoms with Crippen molar-refractivity contribution in [2.75, 3.05) is 6.54 Å². The third-order valence-electron chi connectivity index (χ3n) is 6.66. The molecule has 0 unspecified atom stereocenters. The lowest BCUT2D eigenvalue weighted by Gasteiger charge is -2.21. The molecule has 2 aliphatic rings. The summed E-state index contributed by atoms with van der Waals surface area (Å²) in [6.07, 6.45) is 7.55. The van der Waals surface area contributed by atoms with Crippen LogP contribution in [0.5, 0.6) is 5.75 Å². The Hall–Kier alpha value is -2.97. The highest BCUT2D eigenvalue weighted by molar-refractivity contribution is 7.17. The second-order valence-electron chi connectivity index (χ2n) is 8.92. The first-order chi connectivity index (χ1) is 16.3. The molecule has 0 saturated heterocycles. The molecule has 3 aromatic rings. The van der Waals surface area contributed by atoms with Gasteiger partial charge in [-0.05, 0) is 82.6 Å². The molecular weight excluding hydrogens is 426 g/mol. The maximum absolute atomic E-state index is 6.14. The molecule has 1 aromatic heterocycles. The van der Waals surface area contributed by atoms with Crippen molar-refractivity contribution in [3.8, 4) is 17.6 Å². The summed E-state index contributed by atoms with van der Waals surface area (Å²) >= 11 is 1.88. The van der Waals surface area contributed by atoms with Crippen molar-refractivity contribution in [3.05, 3.63) is 64.5 Å². The van der Waals surface area contributed by atoms with Gasteiger partial charge < -0.3 is 4.74 Å². The van der Waals surface area contributed by atoms with Gasteiger partial charge in [-0.3, -0.25) is 0 Å². The van der Waals surface area contributed by atoms with E-state index >= 15 is 0 Å². The molecule has 0 N–H and O–H groups in total. The van der Waals surface area contributed by atoms with Gasteiger partial charge in [0.25, 0.3) is 0 Å². The van der Waals surface area contributed by atoms with Crippen molar-refractivity contribution in [2.45, 2.75) is 63.9 Å². The zero-order valence-electron chi connectivity index (χ0n) is 19.1. The van der Waals surface area contributed by atoms with E-state index in [-0.39, 0.29) is 5.92 Å². The van der Waals surface area contributed by atoms with E-state index in [1.54, 1.807) is 5.56 Å². The Morgan fingerprint density at radius 2 is 1.94 bits per heavy atom. The average Bonchev–Trinajstić information content (AvgIpc) is 3.53. The Morgan fingerprint density at radius 3 is 2.70 bits per heavy atom. The van der Waals surface area contributed by atoms with Gasteiger partial charge in [0, 0.05) is 11.1 Å². The van der Waals surface area contributed by atoms with E-state index in [1.165, 1.54) is 53.3 Å². The summed E-state index contributed by atoms with van der Waals surface area (Å²) in [5.41, 5.74) is 4.93. The summed E-state index contributed by atoms with van der Waals surface area (Å²) < 4.78 is 7.53. The zero-order valence-corrected chi connectivity index (χ0v) is 19.9. The smallest absolute Gasteiger partial charge is 0.119 e. The van der Waals surface area contributed by atoms with Crippen LogP contribution in [0.2, 0.25) is 0 Å². The minimum Gasteiger partial charge on any atom is -0.489 e. The van der Waals surface area contributed by atoms with Gasteiger partial charge in [-0.1, -0.05) is 43.4 Å². The first-order valence-electron chi connectivity index (χ1n) is 11.9. The first-order valence-corrected chi connectivity index (χ1v) is 12.8. The maximum atomic E-state index is 6.14. The lowest BCUT2D eigenvalue weighted by Crippen LogP contribution is -2.07. The molecule has 1 aliphatic carbocycles. The fourth-order valence-corrected chi connectivity index (χ4v) is 5.91. The van der Waals surface area contributed by atoms with Crippen LogP contribution < -0.4 is 4.74 Å². The highest BCUT2D eigenvalue weighted by Gasteiger charge is 2.19. The molecule has 1 saturated carbocycles. The number of hydrogen-bond acceptors (Lipinski definition) is 5. The van der Waals surface area contributed by atoms with Gasteiger partial charge in [0.1, 0.15) is 18.9 Å². The molecule has 1 fully saturated rings. The van der Waals surface area contributed by atoms with Gasteiger partial charge in [-0.2, -0.15) is 5.11 Å². The molecule has 33 heavy (non-hydrogen) atoms. The second-order valence-corrected chi connectivity index (χ2v) is 9.83. The Balaban J connectivity index is 1.25. The summed E-state index contributed by atoms with van der Waals surface area (Å²) in [6.45, 7) is 3.03. The number of ether oxygens (including phenoxy) is 1. The molecule has 0 bridgehead atoms. The number of benzene rings is 2. The number of hydrogen-bond donors (Lipinski definition) is 0. The summed E-state index contributed by atoms with van der Waals surface area (Å²) in [5, 5.41) is 15.6. The molecule has 2 heterocycles. The molecule has 5 rings (SSSR count). The van der Waals surface area contributed by atoms with Crippen molar-refractivity contribution < 1.29 is 4.74 Å². The molecule has 168 valence electrons. The second kappa shape index (κ2) is 10.3. The Bertz CT molecular complexity index is 1220. The standard InChI is InChI=1S/C28H29N3OS/c1-2-6-23(16-24-17-29-31-30-24)21-10-12-25(13-11-21)32-18-20-9-14-28-26(15-20)27(19-33-28)22-7-4-3-5-8-22/h9-15,19,22-23H,3-5,7-8,16-18H2,1H3/t23-/m0/s1. The van der Waals surface area contributed by atoms with Crippen LogP contribution in [0.1, 0.15) is 74.0 Å². The predicted molar refractivity (Wildman–Crippen MR) is 136 cm³/mol. The summed E-state index contributed by atoms with van der Waals surface area (Å²) in [6, 6.07) is 15.1. The Labute approximate surface area is 199 Å². The van der Waals surface area contributed by atoms with E-state index in [9.17, 15) is 0 Å². The van der Waals surface area contributed by atoms with E-state index in [0.717, 1.165) is 23.8 Å². The number of thiophene rings is 1. The molecule has 2 aromatic carbocycles. The van der Waals surface area contributed by atoms with Crippen LogP contribution in [0.4, 0.5) is 0 Å². The average molecular weight is 456 g/mol. The minimum absolute atomic E-state index is 0.102. The third-order valence-corrected chi connectivity index (χ3v) is 7.64. The van der Waals surface area contributed by atoms with Crippen LogP contribution in [0.25, 0.3) is 10.1 Å². The van der Waals surface area contributed by atoms with Crippen LogP contribution in [0.15, 0.2) is 63.3 Å². The van der Waals surface area contributed by atoms with Crippen LogP contribution in [0.3, 0.4) is 0 Å². The van der Waals surface area contributed by atoms with Crippen molar-refractivity contribution in [2.24, 2.45) is 15.4 Å². The van der Waals surface area contributed by atoms with E-state index in [2.05, 4.69) is 63.0 Å². The van der Waals surface area contributed by atoms with E-state index in [4.69, 9.17) is 4.74 Å². The minimum atomic E-state index is 0.102. The monoisotopic (exact) mass is 455 g/mol. The summed E-state index contributed by atoms with van der Waals surface area (Å²) in [7, 11) is 0.